The summed E-state index contributed by atoms with van der Waals surface area (Å²) < 4.78 is 17.4. The molecular formula is C21H22N2O5. The molecule has 3 aromatic rings. The number of amides is 1. The van der Waals surface area contributed by atoms with Gasteiger partial charge in [0, 0.05) is 30.9 Å². The van der Waals surface area contributed by atoms with Gasteiger partial charge in [0.25, 0.3) is 11.5 Å². The van der Waals surface area contributed by atoms with Crippen LogP contribution in [0.25, 0.3) is 10.8 Å². The van der Waals surface area contributed by atoms with Crippen molar-refractivity contribution in [2.45, 2.75) is 6.54 Å². The Kier molecular flexibility index (Phi) is 6.29. The number of nitrogens with one attached hydrogen (secondary N) is 1. The topological polar surface area (TPSA) is 78.8 Å². The van der Waals surface area contributed by atoms with Gasteiger partial charge in [-0.1, -0.05) is 6.07 Å². The molecule has 7 nitrogen and oxygen atoms in total. The Labute approximate surface area is 162 Å². The number of carbonyl (C=O) groups is 1. The number of rotatable bonds is 8. The van der Waals surface area contributed by atoms with Gasteiger partial charge in [-0.2, -0.15) is 0 Å². The van der Waals surface area contributed by atoms with Crippen LogP contribution in [0.15, 0.2) is 59.5 Å². The van der Waals surface area contributed by atoms with Crippen LogP contribution in [0.3, 0.4) is 0 Å². The Morgan fingerprint density at radius 2 is 1.82 bits per heavy atom. The van der Waals surface area contributed by atoms with Crippen LogP contribution in [0.1, 0.15) is 0 Å². The van der Waals surface area contributed by atoms with Crippen LogP contribution >= 0.6 is 0 Å². The highest BCUT2D eigenvalue weighted by molar-refractivity contribution is 5.92. The average molecular weight is 382 g/mol. The molecule has 0 aliphatic carbocycles. The van der Waals surface area contributed by atoms with Gasteiger partial charge in [0.2, 0.25) is 0 Å². The predicted octanol–water partition coefficient (Wildman–Crippen LogP) is 2.67. The van der Waals surface area contributed by atoms with Crippen LogP contribution in [0.2, 0.25) is 0 Å². The number of ether oxygens (including phenoxy) is 3. The molecule has 3 rings (SSSR count). The SMILES string of the molecule is COCCn1ccc2c(OCC(=O)Nc3ccc(OC)cc3)cccc2c1=O. The molecule has 1 amide bonds. The molecule has 0 radical (unpaired) electrons. The second-order valence-corrected chi connectivity index (χ2v) is 6.09. The van der Waals surface area contributed by atoms with Crippen molar-refractivity contribution in [3.63, 3.8) is 0 Å². The number of benzene rings is 2. The van der Waals surface area contributed by atoms with Gasteiger partial charge in [0.05, 0.1) is 19.1 Å². The molecular weight excluding hydrogens is 360 g/mol. The molecule has 0 aliphatic heterocycles. The molecule has 146 valence electrons. The van der Waals surface area contributed by atoms with Gasteiger partial charge in [-0.25, -0.2) is 0 Å². The van der Waals surface area contributed by atoms with Crippen LogP contribution in [-0.2, 0) is 16.1 Å². The lowest BCUT2D eigenvalue weighted by Crippen LogP contribution is -2.22. The molecule has 0 atom stereocenters. The third-order valence-electron chi connectivity index (χ3n) is 4.25. The van der Waals surface area contributed by atoms with Crippen LogP contribution in [0.4, 0.5) is 5.69 Å². The van der Waals surface area contributed by atoms with Crippen molar-refractivity contribution in [3.8, 4) is 11.5 Å². The Balaban J connectivity index is 1.70. The number of carbonyl (C=O) groups excluding carboxylic acids is 1. The highest BCUT2D eigenvalue weighted by Crippen LogP contribution is 2.23. The quantitative estimate of drug-likeness (QED) is 0.648. The maximum absolute atomic E-state index is 12.6. The minimum atomic E-state index is -0.296. The molecule has 0 fully saturated rings. The fourth-order valence-electron chi connectivity index (χ4n) is 2.80. The zero-order valence-corrected chi connectivity index (χ0v) is 15.8. The average Bonchev–Trinajstić information content (AvgIpc) is 2.72. The summed E-state index contributed by atoms with van der Waals surface area (Å²) in [5, 5.41) is 3.96. The van der Waals surface area contributed by atoms with E-state index in [-0.39, 0.29) is 18.1 Å². The first-order valence-corrected chi connectivity index (χ1v) is 8.80. The second-order valence-electron chi connectivity index (χ2n) is 6.09. The van der Waals surface area contributed by atoms with Gasteiger partial charge < -0.3 is 24.1 Å². The third kappa shape index (κ3) is 4.50. The minimum absolute atomic E-state index is 0.123. The minimum Gasteiger partial charge on any atom is -0.497 e. The van der Waals surface area contributed by atoms with E-state index in [0.29, 0.717) is 41.1 Å². The molecule has 1 aromatic heterocycles. The molecule has 28 heavy (non-hydrogen) atoms. The molecule has 0 spiro atoms. The summed E-state index contributed by atoms with van der Waals surface area (Å²) >= 11 is 0. The van der Waals surface area contributed by atoms with Crippen LogP contribution < -0.4 is 20.3 Å². The van der Waals surface area contributed by atoms with Crippen molar-refractivity contribution < 1.29 is 19.0 Å². The number of anilines is 1. The summed E-state index contributed by atoms with van der Waals surface area (Å²) in [5.74, 6) is 0.898. The van der Waals surface area contributed by atoms with Crippen molar-refractivity contribution >= 4 is 22.4 Å². The Morgan fingerprint density at radius 1 is 1.04 bits per heavy atom. The monoisotopic (exact) mass is 382 g/mol. The highest BCUT2D eigenvalue weighted by Gasteiger charge is 2.10. The Bertz CT molecular complexity index is 1010. The van der Waals surface area contributed by atoms with Crippen LogP contribution in [-0.4, -0.2) is 37.9 Å². The van der Waals surface area contributed by atoms with E-state index in [2.05, 4.69) is 5.32 Å². The zero-order valence-electron chi connectivity index (χ0n) is 15.8. The van der Waals surface area contributed by atoms with Gasteiger partial charge in [-0.3, -0.25) is 9.59 Å². The van der Waals surface area contributed by atoms with Gasteiger partial charge >= 0.3 is 0 Å². The Hall–Kier alpha value is -3.32. The lowest BCUT2D eigenvalue weighted by molar-refractivity contribution is -0.118. The maximum atomic E-state index is 12.6. The summed E-state index contributed by atoms with van der Waals surface area (Å²) in [5.41, 5.74) is 0.524. The highest BCUT2D eigenvalue weighted by atomic mass is 16.5. The van der Waals surface area contributed by atoms with E-state index in [0.717, 1.165) is 0 Å². The normalized spacial score (nSPS) is 10.6. The molecule has 7 heteroatoms. The zero-order chi connectivity index (χ0) is 19.9. The number of pyridine rings is 1. The van der Waals surface area contributed by atoms with E-state index in [4.69, 9.17) is 14.2 Å². The van der Waals surface area contributed by atoms with Gasteiger partial charge in [0.15, 0.2) is 6.61 Å². The molecule has 0 bridgehead atoms. The van der Waals surface area contributed by atoms with E-state index in [1.54, 1.807) is 67.4 Å². The number of aromatic nitrogens is 1. The van der Waals surface area contributed by atoms with Gasteiger partial charge in [0.1, 0.15) is 11.5 Å². The van der Waals surface area contributed by atoms with E-state index < -0.39 is 0 Å². The first-order chi connectivity index (χ1) is 13.6. The molecule has 0 saturated carbocycles. The van der Waals surface area contributed by atoms with Crippen molar-refractivity contribution in [1.82, 2.24) is 4.57 Å². The summed E-state index contributed by atoms with van der Waals surface area (Å²) in [6.45, 7) is 0.756. The van der Waals surface area contributed by atoms with Gasteiger partial charge in [-0.15, -0.1) is 0 Å². The van der Waals surface area contributed by atoms with Crippen molar-refractivity contribution in [2.75, 3.05) is 32.8 Å². The fourth-order valence-corrected chi connectivity index (χ4v) is 2.80. The van der Waals surface area contributed by atoms with E-state index >= 15 is 0 Å². The summed E-state index contributed by atoms with van der Waals surface area (Å²) in [4.78, 5) is 24.7. The number of nitrogens with zero attached hydrogens (tertiary/aromatic N) is 1. The van der Waals surface area contributed by atoms with E-state index in [1.165, 1.54) is 0 Å². The molecule has 0 unspecified atom stereocenters. The lowest BCUT2D eigenvalue weighted by atomic mass is 10.1. The lowest BCUT2D eigenvalue weighted by Gasteiger charge is -2.11. The predicted molar refractivity (Wildman–Crippen MR) is 107 cm³/mol. The fraction of sp³-hybridized carbons (Fsp3) is 0.238. The Morgan fingerprint density at radius 3 is 2.54 bits per heavy atom. The van der Waals surface area contributed by atoms with Crippen molar-refractivity contribution in [1.29, 1.82) is 0 Å². The number of hydrogen-bond donors (Lipinski definition) is 1. The van der Waals surface area contributed by atoms with Crippen LogP contribution in [0, 0.1) is 0 Å². The second kappa shape index (κ2) is 9.05. The number of methoxy groups -OCH3 is 2. The molecule has 1 N–H and O–H groups in total. The standard InChI is InChI=1S/C21H22N2O5/c1-26-13-12-23-11-10-17-18(21(23)25)4-3-5-19(17)28-14-20(24)22-15-6-8-16(27-2)9-7-15/h3-11H,12-14H2,1-2H3,(H,22,24). The van der Waals surface area contributed by atoms with Gasteiger partial charge in [-0.05, 0) is 42.5 Å². The largest absolute Gasteiger partial charge is 0.497 e. The first-order valence-electron chi connectivity index (χ1n) is 8.80. The van der Waals surface area contributed by atoms with Crippen LogP contribution in [0.5, 0.6) is 11.5 Å². The van der Waals surface area contributed by atoms with Crippen molar-refractivity contribution in [3.05, 3.63) is 65.1 Å². The smallest absolute Gasteiger partial charge is 0.262 e. The van der Waals surface area contributed by atoms with E-state index in [9.17, 15) is 9.59 Å². The third-order valence-corrected chi connectivity index (χ3v) is 4.25. The summed E-state index contributed by atoms with van der Waals surface area (Å²) in [6, 6.07) is 14.0. The first kappa shape index (κ1) is 19.4. The number of hydrogen-bond acceptors (Lipinski definition) is 5. The maximum Gasteiger partial charge on any atom is 0.262 e. The van der Waals surface area contributed by atoms with E-state index in [1.807, 2.05) is 6.07 Å². The molecule has 0 saturated heterocycles. The summed E-state index contributed by atoms with van der Waals surface area (Å²) in [6.07, 6.45) is 1.70. The summed E-state index contributed by atoms with van der Waals surface area (Å²) in [7, 11) is 3.17. The van der Waals surface area contributed by atoms with Crippen molar-refractivity contribution in [2.24, 2.45) is 0 Å². The molecule has 2 aromatic carbocycles. The molecule has 0 aliphatic rings. The number of fused-ring (bicyclic) bond motifs is 1. The molecule has 1 heterocycles.